The third-order valence-corrected chi connectivity index (χ3v) is 5.22. The highest BCUT2D eigenvalue weighted by Crippen LogP contribution is 2.40. The van der Waals surface area contributed by atoms with Crippen molar-refractivity contribution in [2.75, 3.05) is 5.32 Å². The number of hydrogen-bond donors (Lipinski definition) is 3. The van der Waals surface area contributed by atoms with Crippen LogP contribution in [0, 0.1) is 18.2 Å². The van der Waals surface area contributed by atoms with Gasteiger partial charge in [-0.05, 0) is 36.8 Å². The second kappa shape index (κ2) is 9.40. The quantitative estimate of drug-likeness (QED) is 0.211. The van der Waals surface area contributed by atoms with Gasteiger partial charge in [0.2, 0.25) is 0 Å². The average molecular weight is 497 g/mol. The molecule has 0 radical (unpaired) electrons. The van der Waals surface area contributed by atoms with Crippen LogP contribution in [0.15, 0.2) is 52.7 Å². The van der Waals surface area contributed by atoms with Gasteiger partial charge in [0.25, 0.3) is 5.66 Å². The van der Waals surface area contributed by atoms with Crippen molar-refractivity contribution in [3.63, 3.8) is 0 Å². The van der Waals surface area contributed by atoms with Crippen LogP contribution < -0.4 is 11.1 Å². The first-order valence-corrected chi connectivity index (χ1v) is 10.4. The number of nitrogens with one attached hydrogen (secondary N) is 2. The second-order valence-electron chi connectivity index (χ2n) is 6.75. The van der Waals surface area contributed by atoms with Crippen molar-refractivity contribution < 1.29 is 17.7 Å². The van der Waals surface area contributed by atoms with Gasteiger partial charge in [-0.3, -0.25) is 0 Å². The number of benzene rings is 2. The first-order chi connectivity index (χ1) is 15.0. The normalized spacial score (nSPS) is 12.3. The zero-order valence-corrected chi connectivity index (χ0v) is 19.3. The molecule has 4 N–H and O–H groups in total. The number of nitrogens with two attached hydrogens (primary N) is 1. The first kappa shape index (κ1) is 23.9. The summed E-state index contributed by atoms with van der Waals surface area (Å²) in [6.07, 6.45) is 0.658. The van der Waals surface area contributed by atoms with Gasteiger partial charge in [-0.2, -0.15) is 8.78 Å². The van der Waals surface area contributed by atoms with Crippen molar-refractivity contribution in [3.8, 4) is 11.3 Å². The first-order valence-electron chi connectivity index (χ1n) is 9.04. The number of aromatic nitrogens is 1. The Morgan fingerprint density at radius 3 is 2.56 bits per heavy atom. The summed E-state index contributed by atoms with van der Waals surface area (Å²) >= 11 is 11.2. The number of alkyl halides is 2. The van der Waals surface area contributed by atoms with E-state index in [4.69, 9.17) is 39.5 Å². The maximum absolute atomic E-state index is 14.6. The van der Waals surface area contributed by atoms with E-state index in [0.717, 1.165) is 11.6 Å². The summed E-state index contributed by atoms with van der Waals surface area (Å²) < 4.78 is 49.0. The molecule has 0 aliphatic rings. The molecule has 0 fully saturated rings. The average Bonchev–Trinajstić information content (AvgIpc) is 3.12. The number of aryl methyl sites for hydroxylation is 1. The fraction of sp³-hybridized carbons (Fsp3) is 0.0952. The molecule has 1 heterocycles. The minimum atomic E-state index is -3.51. The van der Waals surface area contributed by atoms with Crippen molar-refractivity contribution >= 4 is 55.5 Å². The second-order valence-corrected chi connectivity index (χ2v) is 8.32. The summed E-state index contributed by atoms with van der Waals surface area (Å²) in [5.41, 5.74) is 2.03. The molecule has 0 aliphatic heterocycles. The standard InChI is InChI=1S/C21H17ClF3N4OPS/c1-10-4-2-5-11(8-10)28-19(21(24,25)31)12(9-26)18-16(20(27)32)17(29-30-18)15-13(22)6-3-7-14(15)23/h2-9,26,28H,31H2,1H3,(H2,27,32)/b19-12+,26-9?. The molecular formula is C21H17ClF3N4OPS. The van der Waals surface area contributed by atoms with Gasteiger partial charge in [0.05, 0.1) is 21.7 Å². The van der Waals surface area contributed by atoms with Crippen LogP contribution in [0.1, 0.15) is 16.9 Å². The Balaban J connectivity index is 2.29. The van der Waals surface area contributed by atoms with E-state index < -0.39 is 17.2 Å². The monoisotopic (exact) mass is 496 g/mol. The fourth-order valence-corrected chi connectivity index (χ4v) is 3.72. The van der Waals surface area contributed by atoms with Crippen LogP contribution >= 0.6 is 33.1 Å². The van der Waals surface area contributed by atoms with E-state index >= 15 is 0 Å². The molecule has 3 aromatic rings. The van der Waals surface area contributed by atoms with Gasteiger partial charge in [0.1, 0.15) is 22.2 Å². The molecule has 166 valence electrons. The number of halogens is 4. The molecule has 3 rings (SSSR count). The van der Waals surface area contributed by atoms with E-state index in [2.05, 4.69) is 10.5 Å². The van der Waals surface area contributed by atoms with E-state index in [1.807, 2.05) is 0 Å². The SMILES string of the molecule is Cc1cccc(N/C(=C(\C=N)c2onc(-c3c(F)cccc3Cl)c2C(N)=S)C(F)(F)P)c1. The van der Waals surface area contributed by atoms with Gasteiger partial charge in [-0.25, -0.2) is 4.39 Å². The number of hydrogen-bond acceptors (Lipinski definition) is 5. The van der Waals surface area contributed by atoms with E-state index in [1.165, 1.54) is 21.4 Å². The molecule has 2 aromatic carbocycles. The Morgan fingerprint density at radius 2 is 2.00 bits per heavy atom. The summed E-state index contributed by atoms with van der Waals surface area (Å²) in [5.74, 6) is -1.05. The zero-order chi connectivity index (χ0) is 23.6. The molecule has 1 atom stereocenters. The predicted molar refractivity (Wildman–Crippen MR) is 128 cm³/mol. The maximum atomic E-state index is 14.6. The fourth-order valence-electron chi connectivity index (χ4n) is 3.05. The Morgan fingerprint density at radius 1 is 1.31 bits per heavy atom. The van der Waals surface area contributed by atoms with Gasteiger partial charge in [0, 0.05) is 11.9 Å². The summed E-state index contributed by atoms with van der Waals surface area (Å²) in [6.45, 7) is 1.80. The van der Waals surface area contributed by atoms with E-state index in [-0.39, 0.29) is 38.2 Å². The number of rotatable bonds is 7. The lowest BCUT2D eigenvalue weighted by molar-refractivity contribution is 0.149. The van der Waals surface area contributed by atoms with Crippen LogP contribution in [0.5, 0.6) is 0 Å². The molecule has 1 unspecified atom stereocenters. The third kappa shape index (κ3) is 4.85. The molecule has 0 spiro atoms. The van der Waals surface area contributed by atoms with Crippen molar-refractivity contribution in [1.82, 2.24) is 5.16 Å². The topological polar surface area (TPSA) is 87.9 Å². The van der Waals surface area contributed by atoms with Gasteiger partial charge in [-0.15, -0.1) is 0 Å². The predicted octanol–water partition coefficient (Wildman–Crippen LogP) is 6.02. The number of nitrogens with zero attached hydrogens (tertiary/aromatic N) is 1. The Hall–Kier alpha value is -2.74. The molecule has 0 saturated heterocycles. The highest BCUT2D eigenvalue weighted by molar-refractivity contribution is 7.80. The van der Waals surface area contributed by atoms with E-state index in [9.17, 15) is 13.2 Å². The Bertz CT molecular complexity index is 1220. The minimum absolute atomic E-state index is 0.00258. The summed E-state index contributed by atoms with van der Waals surface area (Å²) in [6, 6.07) is 10.7. The van der Waals surface area contributed by atoms with Crippen molar-refractivity contribution in [3.05, 3.63) is 75.9 Å². The molecular weight excluding hydrogens is 480 g/mol. The molecule has 5 nitrogen and oxygen atoms in total. The Kier molecular flexibility index (Phi) is 7.03. The minimum Gasteiger partial charge on any atom is -0.389 e. The Labute approximate surface area is 194 Å². The van der Waals surface area contributed by atoms with Crippen LogP contribution in [0.4, 0.5) is 18.9 Å². The van der Waals surface area contributed by atoms with Gasteiger partial charge in [-0.1, -0.05) is 56.4 Å². The summed E-state index contributed by atoms with van der Waals surface area (Å²) in [4.78, 5) is -0.295. The number of allylic oxidation sites excluding steroid dienone is 2. The van der Waals surface area contributed by atoms with Gasteiger partial charge >= 0.3 is 0 Å². The summed E-state index contributed by atoms with van der Waals surface area (Å²) in [5, 5.41) is 14.2. The number of anilines is 1. The molecule has 0 amide bonds. The lowest BCUT2D eigenvalue weighted by Gasteiger charge is -2.20. The van der Waals surface area contributed by atoms with Gasteiger partial charge < -0.3 is 21.0 Å². The van der Waals surface area contributed by atoms with Crippen LogP contribution in [0.2, 0.25) is 5.02 Å². The number of thiocarbonyl (C=S) groups is 1. The third-order valence-electron chi connectivity index (χ3n) is 4.42. The van der Waals surface area contributed by atoms with Crippen LogP contribution in [-0.4, -0.2) is 22.0 Å². The maximum Gasteiger partial charge on any atom is 0.298 e. The van der Waals surface area contributed by atoms with Crippen LogP contribution in [0.3, 0.4) is 0 Å². The lowest BCUT2D eigenvalue weighted by Crippen LogP contribution is -2.21. The van der Waals surface area contributed by atoms with Crippen molar-refractivity contribution in [1.29, 1.82) is 5.41 Å². The molecule has 32 heavy (non-hydrogen) atoms. The highest BCUT2D eigenvalue weighted by Gasteiger charge is 2.35. The van der Waals surface area contributed by atoms with Crippen LogP contribution in [-0.2, 0) is 0 Å². The van der Waals surface area contributed by atoms with E-state index in [0.29, 0.717) is 11.9 Å². The molecule has 0 bridgehead atoms. The zero-order valence-electron chi connectivity index (χ0n) is 16.5. The lowest BCUT2D eigenvalue weighted by atomic mass is 10.0. The molecule has 11 heteroatoms. The van der Waals surface area contributed by atoms with Crippen LogP contribution in [0.25, 0.3) is 16.8 Å². The largest absolute Gasteiger partial charge is 0.389 e. The van der Waals surface area contributed by atoms with E-state index in [1.54, 1.807) is 31.2 Å². The summed E-state index contributed by atoms with van der Waals surface area (Å²) in [7, 11) is 1.41. The van der Waals surface area contributed by atoms with Crippen molar-refractivity contribution in [2.24, 2.45) is 5.73 Å². The highest BCUT2D eigenvalue weighted by atomic mass is 35.5. The van der Waals surface area contributed by atoms with Gasteiger partial charge in [0.15, 0.2) is 5.76 Å². The molecule has 0 aliphatic carbocycles. The molecule has 1 aromatic heterocycles. The van der Waals surface area contributed by atoms with Crippen molar-refractivity contribution in [2.45, 2.75) is 12.6 Å². The smallest absolute Gasteiger partial charge is 0.298 e. The molecule has 0 saturated carbocycles.